The SMILES string of the molecule is c1ccc(-c2cccc(N(c3ccc(-c4ccc5oc6ccccc6c5c4)cc3)c3ccc4c(ccc5ccccc54)c3)c2)cc1. The number of furan rings is 1. The lowest BCUT2D eigenvalue weighted by molar-refractivity contribution is 0.669. The van der Waals surface area contributed by atoms with Gasteiger partial charge in [-0.2, -0.15) is 0 Å². The van der Waals surface area contributed by atoms with Crippen LogP contribution in [0.5, 0.6) is 0 Å². The minimum absolute atomic E-state index is 0.912. The maximum absolute atomic E-state index is 6.08. The lowest BCUT2D eigenvalue weighted by atomic mass is 10.00. The first-order valence-corrected chi connectivity index (χ1v) is 15.7. The molecule has 0 unspecified atom stereocenters. The van der Waals surface area contributed by atoms with E-state index in [4.69, 9.17) is 4.42 Å². The smallest absolute Gasteiger partial charge is 0.135 e. The van der Waals surface area contributed by atoms with Gasteiger partial charge in [-0.1, -0.05) is 121 Å². The molecule has 0 spiro atoms. The first kappa shape index (κ1) is 26.3. The van der Waals surface area contributed by atoms with Crippen LogP contribution in [0.15, 0.2) is 180 Å². The van der Waals surface area contributed by atoms with Gasteiger partial charge in [0, 0.05) is 27.8 Å². The van der Waals surface area contributed by atoms with Crippen LogP contribution in [0.25, 0.3) is 65.7 Å². The molecule has 0 aliphatic heterocycles. The average Bonchev–Trinajstić information content (AvgIpc) is 3.50. The molecule has 0 radical (unpaired) electrons. The molecule has 2 heteroatoms. The van der Waals surface area contributed by atoms with Crippen molar-refractivity contribution in [3.05, 3.63) is 176 Å². The van der Waals surface area contributed by atoms with Crippen LogP contribution in [0, 0.1) is 0 Å². The van der Waals surface area contributed by atoms with Crippen LogP contribution in [-0.4, -0.2) is 0 Å². The molecule has 2 nitrogen and oxygen atoms in total. The van der Waals surface area contributed by atoms with Crippen LogP contribution >= 0.6 is 0 Å². The summed E-state index contributed by atoms with van der Waals surface area (Å²) < 4.78 is 6.08. The van der Waals surface area contributed by atoms with Crippen molar-refractivity contribution in [1.82, 2.24) is 0 Å². The molecule has 0 bridgehead atoms. The zero-order valence-corrected chi connectivity index (χ0v) is 25.1. The molecule has 0 saturated carbocycles. The summed E-state index contributed by atoms with van der Waals surface area (Å²) >= 11 is 0. The molecule has 0 N–H and O–H groups in total. The van der Waals surface area contributed by atoms with E-state index in [0.29, 0.717) is 0 Å². The van der Waals surface area contributed by atoms with Gasteiger partial charge in [-0.15, -0.1) is 0 Å². The first-order chi connectivity index (χ1) is 22.8. The first-order valence-electron chi connectivity index (χ1n) is 15.7. The van der Waals surface area contributed by atoms with Crippen LogP contribution in [-0.2, 0) is 0 Å². The van der Waals surface area contributed by atoms with Crippen LogP contribution in [0.4, 0.5) is 17.1 Å². The topological polar surface area (TPSA) is 16.4 Å². The summed E-state index contributed by atoms with van der Waals surface area (Å²) in [4.78, 5) is 2.36. The van der Waals surface area contributed by atoms with E-state index in [1.54, 1.807) is 0 Å². The minimum atomic E-state index is 0.912. The third kappa shape index (κ3) is 4.51. The standard InChI is InChI=1S/C44H29NO/c1-2-9-30(10-3-1)33-12-8-13-37(27-33)45(38-24-25-40-35(28-38)18-17-32-11-4-5-14-39(32)40)36-22-19-31(20-23-36)34-21-26-44-42(29-34)41-15-6-7-16-43(41)46-44/h1-29H. The maximum Gasteiger partial charge on any atom is 0.135 e. The maximum atomic E-state index is 6.08. The van der Waals surface area contributed by atoms with Gasteiger partial charge in [-0.25, -0.2) is 0 Å². The number of fused-ring (bicyclic) bond motifs is 6. The quantitative estimate of drug-likeness (QED) is 0.186. The number of nitrogens with zero attached hydrogens (tertiary/aromatic N) is 1. The van der Waals surface area contributed by atoms with Gasteiger partial charge in [0.1, 0.15) is 11.2 Å². The Balaban J connectivity index is 1.17. The monoisotopic (exact) mass is 587 g/mol. The summed E-state index contributed by atoms with van der Waals surface area (Å²) in [6.45, 7) is 0. The van der Waals surface area contributed by atoms with Crippen LogP contribution in [0.2, 0.25) is 0 Å². The van der Waals surface area contributed by atoms with E-state index < -0.39 is 0 Å². The number of rotatable bonds is 5. The Morgan fingerprint density at radius 3 is 1.80 bits per heavy atom. The highest BCUT2D eigenvalue weighted by atomic mass is 16.3. The summed E-state index contributed by atoms with van der Waals surface area (Å²) in [5, 5.41) is 7.29. The van der Waals surface area contributed by atoms with Crippen molar-refractivity contribution in [3.8, 4) is 22.3 Å². The number of para-hydroxylation sites is 1. The van der Waals surface area contributed by atoms with Crippen molar-refractivity contribution < 1.29 is 4.42 Å². The molecule has 1 heterocycles. The molecule has 0 atom stereocenters. The summed E-state index contributed by atoms with van der Waals surface area (Å²) in [5.41, 5.74) is 9.88. The molecule has 8 aromatic carbocycles. The van der Waals surface area contributed by atoms with Crippen molar-refractivity contribution in [2.24, 2.45) is 0 Å². The minimum Gasteiger partial charge on any atom is -0.456 e. The predicted octanol–water partition coefficient (Wildman–Crippen LogP) is 12.7. The zero-order valence-electron chi connectivity index (χ0n) is 25.1. The number of hydrogen-bond acceptors (Lipinski definition) is 2. The van der Waals surface area contributed by atoms with Crippen molar-refractivity contribution >= 4 is 60.5 Å². The van der Waals surface area contributed by atoms with Gasteiger partial charge in [0.25, 0.3) is 0 Å². The van der Waals surface area contributed by atoms with Gasteiger partial charge in [0.2, 0.25) is 0 Å². The molecular weight excluding hydrogens is 558 g/mol. The fourth-order valence-corrected chi connectivity index (χ4v) is 6.75. The highest BCUT2D eigenvalue weighted by Gasteiger charge is 2.16. The van der Waals surface area contributed by atoms with Crippen LogP contribution < -0.4 is 4.90 Å². The van der Waals surface area contributed by atoms with Gasteiger partial charge < -0.3 is 9.32 Å². The third-order valence-electron chi connectivity index (χ3n) is 9.03. The van der Waals surface area contributed by atoms with Crippen molar-refractivity contribution in [1.29, 1.82) is 0 Å². The molecule has 1 aromatic heterocycles. The van der Waals surface area contributed by atoms with Gasteiger partial charge in [0.15, 0.2) is 0 Å². The van der Waals surface area contributed by atoms with E-state index in [0.717, 1.165) is 39.0 Å². The molecule has 0 saturated heterocycles. The summed E-state index contributed by atoms with van der Waals surface area (Å²) in [5.74, 6) is 0. The van der Waals surface area contributed by atoms with E-state index in [1.165, 1.54) is 43.8 Å². The highest BCUT2D eigenvalue weighted by molar-refractivity contribution is 6.09. The van der Waals surface area contributed by atoms with Crippen molar-refractivity contribution in [3.63, 3.8) is 0 Å². The van der Waals surface area contributed by atoms with Crippen LogP contribution in [0.3, 0.4) is 0 Å². The lowest BCUT2D eigenvalue weighted by Gasteiger charge is -2.27. The summed E-state index contributed by atoms with van der Waals surface area (Å²) in [6, 6.07) is 62.9. The van der Waals surface area contributed by atoms with Crippen molar-refractivity contribution in [2.45, 2.75) is 0 Å². The van der Waals surface area contributed by atoms with Gasteiger partial charge in [0.05, 0.1) is 0 Å². The second-order valence-corrected chi connectivity index (χ2v) is 11.8. The highest BCUT2D eigenvalue weighted by Crippen LogP contribution is 2.40. The fraction of sp³-hybridized carbons (Fsp3) is 0. The largest absolute Gasteiger partial charge is 0.456 e. The Bertz CT molecular complexity index is 2530. The molecule has 216 valence electrons. The Morgan fingerprint density at radius 1 is 0.304 bits per heavy atom. The molecular formula is C44H29NO. The summed E-state index contributed by atoms with van der Waals surface area (Å²) in [7, 11) is 0. The molecule has 0 amide bonds. The number of anilines is 3. The molecule has 0 aliphatic carbocycles. The van der Waals surface area contributed by atoms with Crippen LogP contribution in [0.1, 0.15) is 0 Å². The van der Waals surface area contributed by atoms with Gasteiger partial charge in [-0.05, 0) is 98.4 Å². The normalized spacial score (nSPS) is 11.5. The molecule has 46 heavy (non-hydrogen) atoms. The number of hydrogen-bond donors (Lipinski definition) is 0. The Hall–Kier alpha value is -6.12. The summed E-state index contributed by atoms with van der Waals surface area (Å²) in [6.07, 6.45) is 0. The van der Waals surface area contributed by atoms with Gasteiger partial charge >= 0.3 is 0 Å². The Morgan fingerprint density at radius 2 is 0.913 bits per heavy atom. The lowest BCUT2D eigenvalue weighted by Crippen LogP contribution is -2.10. The van der Waals surface area contributed by atoms with E-state index in [2.05, 4.69) is 169 Å². The predicted molar refractivity (Wildman–Crippen MR) is 194 cm³/mol. The Labute approximate surface area is 267 Å². The van der Waals surface area contributed by atoms with Gasteiger partial charge in [-0.3, -0.25) is 0 Å². The molecule has 0 aliphatic rings. The average molecular weight is 588 g/mol. The van der Waals surface area contributed by atoms with E-state index in [-0.39, 0.29) is 0 Å². The molecule has 9 rings (SSSR count). The van der Waals surface area contributed by atoms with E-state index in [9.17, 15) is 0 Å². The van der Waals surface area contributed by atoms with Crippen molar-refractivity contribution in [2.75, 3.05) is 4.90 Å². The molecule has 9 aromatic rings. The second kappa shape index (κ2) is 10.8. The zero-order chi connectivity index (χ0) is 30.5. The Kier molecular flexibility index (Phi) is 6.17. The van der Waals surface area contributed by atoms with E-state index in [1.807, 2.05) is 12.1 Å². The molecule has 0 fully saturated rings. The fourth-order valence-electron chi connectivity index (χ4n) is 6.75. The van der Waals surface area contributed by atoms with E-state index >= 15 is 0 Å². The third-order valence-corrected chi connectivity index (χ3v) is 9.03. The number of benzene rings is 8. The second-order valence-electron chi connectivity index (χ2n) is 11.8.